The average Bonchev–Trinajstić information content (AvgIpc) is 2.41. The van der Waals surface area contributed by atoms with Crippen molar-refractivity contribution in [2.75, 3.05) is 44.7 Å². The molecule has 1 fully saturated rings. The lowest BCUT2D eigenvalue weighted by molar-refractivity contribution is 0.258. The fourth-order valence-corrected chi connectivity index (χ4v) is 2.59. The van der Waals surface area contributed by atoms with Gasteiger partial charge in [-0.1, -0.05) is 18.5 Å². The standard InChI is InChI=1S/C14H21ClN2O/c1-3-6-16-7-9-17(10-8-16)12-4-5-13(15)14(11-12)18-2/h4-5,11H,3,6-10H2,1-2H3. The highest BCUT2D eigenvalue weighted by molar-refractivity contribution is 6.32. The molecule has 1 saturated heterocycles. The molecule has 1 aliphatic heterocycles. The van der Waals surface area contributed by atoms with E-state index in [0.717, 1.165) is 31.9 Å². The number of anilines is 1. The van der Waals surface area contributed by atoms with Gasteiger partial charge >= 0.3 is 0 Å². The molecule has 4 heteroatoms. The maximum Gasteiger partial charge on any atom is 0.139 e. The summed E-state index contributed by atoms with van der Waals surface area (Å²) in [4.78, 5) is 4.91. The Balaban J connectivity index is 2.01. The molecule has 18 heavy (non-hydrogen) atoms. The van der Waals surface area contributed by atoms with Crippen LogP contribution in [0.5, 0.6) is 5.75 Å². The molecule has 0 atom stereocenters. The maximum absolute atomic E-state index is 6.05. The Bertz CT molecular complexity index is 389. The predicted molar refractivity (Wildman–Crippen MR) is 76.9 cm³/mol. The summed E-state index contributed by atoms with van der Waals surface area (Å²) < 4.78 is 5.27. The van der Waals surface area contributed by atoms with Gasteiger partial charge in [0.1, 0.15) is 5.75 Å². The minimum atomic E-state index is 0.672. The highest BCUT2D eigenvalue weighted by Crippen LogP contribution is 2.29. The molecule has 1 aromatic carbocycles. The van der Waals surface area contributed by atoms with Gasteiger partial charge in [0.05, 0.1) is 12.1 Å². The van der Waals surface area contributed by atoms with Crippen LogP contribution in [0.15, 0.2) is 18.2 Å². The molecule has 0 N–H and O–H groups in total. The van der Waals surface area contributed by atoms with E-state index in [-0.39, 0.29) is 0 Å². The van der Waals surface area contributed by atoms with Crippen molar-refractivity contribution in [1.29, 1.82) is 0 Å². The van der Waals surface area contributed by atoms with Crippen molar-refractivity contribution < 1.29 is 4.74 Å². The summed E-state index contributed by atoms with van der Waals surface area (Å²) in [7, 11) is 1.66. The van der Waals surface area contributed by atoms with Crippen LogP contribution in [-0.2, 0) is 0 Å². The van der Waals surface area contributed by atoms with Crippen LogP contribution in [0.4, 0.5) is 5.69 Å². The molecule has 1 heterocycles. The Kier molecular flexibility index (Phi) is 4.72. The summed E-state index contributed by atoms with van der Waals surface area (Å²) in [5.41, 5.74) is 1.20. The molecule has 1 aromatic rings. The van der Waals surface area contributed by atoms with Gasteiger partial charge in [0.2, 0.25) is 0 Å². The van der Waals surface area contributed by atoms with Crippen molar-refractivity contribution in [2.45, 2.75) is 13.3 Å². The molecule has 2 rings (SSSR count). The number of ether oxygens (including phenoxy) is 1. The van der Waals surface area contributed by atoms with Crippen molar-refractivity contribution in [3.8, 4) is 5.75 Å². The van der Waals surface area contributed by atoms with Crippen LogP contribution in [0.2, 0.25) is 5.02 Å². The van der Waals surface area contributed by atoms with Gasteiger partial charge in [0.25, 0.3) is 0 Å². The summed E-state index contributed by atoms with van der Waals surface area (Å²) in [5.74, 6) is 0.755. The number of nitrogens with zero attached hydrogens (tertiary/aromatic N) is 2. The largest absolute Gasteiger partial charge is 0.495 e. The second-order valence-electron chi connectivity index (χ2n) is 4.65. The van der Waals surface area contributed by atoms with Gasteiger partial charge in [0.15, 0.2) is 0 Å². The Morgan fingerprint density at radius 1 is 1.22 bits per heavy atom. The van der Waals surface area contributed by atoms with Gasteiger partial charge in [0, 0.05) is 37.9 Å². The fourth-order valence-electron chi connectivity index (χ4n) is 2.39. The summed E-state index contributed by atoms with van der Waals surface area (Å²) >= 11 is 6.05. The highest BCUT2D eigenvalue weighted by atomic mass is 35.5. The Hall–Kier alpha value is -0.930. The fraction of sp³-hybridized carbons (Fsp3) is 0.571. The van der Waals surface area contributed by atoms with Crippen LogP contribution in [0.3, 0.4) is 0 Å². The van der Waals surface area contributed by atoms with E-state index in [1.165, 1.54) is 18.7 Å². The Morgan fingerprint density at radius 2 is 1.94 bits per heavy atom. The van der Waals surface area contributed by atoms with E-state index < -0.39 is 0 Å². The molecule has 0 spiro atoms. The van der Waals surface area contributed by atoms with E-state index >= 15 is 0 Å². The van der Waals surface area contributed by atoms with Gasteiger partial charge in [-0.05, 0) is 25.1 Å². The van der Waals surface area contributed by atoms with Gasteiger partial charge in [-0.2, -0.15) is 0 Å². The molecule has 0 unspecified atom stereocenters. The molecule has 0 radical (unpaired) electrons. The van der Waals surface area contributed by atoms with E-state index in [1.54, 1.807) is 7.11 Å². The van der Waals surface area contributed by atoms with Crippen LogP contribution in [0, 0.1) is 0 Å². The third-order valence-corrected chi connectivity index (χ3v) is 3.72. The van der Waals surface area contributed by atoms with Crippen molar-refractivity contribution in [2.24, 2.45) is 0 Å². The monoisotopic (exact) mass is 268 g/mol. The summed E-state index contributed by atoms with van der Waals surface area (Å²) in [6, 6.07) is 6.01. The van der Waals surface area contributed by atoms with Crippen LogP contribution >= 0.6 is 11.6 Å². The van der Waals surface area contributed by atoms with E-state index in [2.05, 4.69) is 22.8 Å². The number of hydrogen-bond acceptors (Lipinski definition) is 3. The minimum absolute atomic E-state index is 0.672. The zero-order chi connectivity index (χ0) is 13.0. The first-order valence-electron chi connectivity index (χ1n) is 6.55. The molecule has 3 nitrogen and oxygen atoms in total. The molecule has 1 aliphatic rings. The summed E-state index contributed by atoms with van der Waals surface area (Å²) in [6.07, 6.45) is 1.23. The molecular weight excluding hydrogens is 248 g/mol. The Labute approximate surface area is 114 Å². The van der Waals surface area contributed by atoms with Crippen molar-refractivity contribution in [3.05, 3.63) is 23.2 Å². The quantitative estimate of drug-likeness (QED) is 0.835. The zero-order valence-electron chi connectivity index (χ0n) is 11.2. The molecule has 100 valence electrons. The topological polar surface area (TPSA) is 15.7 Å². The lowest BCUT2D eigenvalue weighted by atomic mass is 10.2. The lowest BCUT2D eigenvalue weighted by Gasteiger charge is -2.36. The molecule has 0 aromatic heterocycles. The Morgan fingerprint density at radius 3 is 2.56 bits per heavy atom. The SMILES string of the molecule is CCCN1CCN(c2ccc(Cl)c(OC)c2)CC1. The highest BCUT2D eigenvalue weighted by Gasteiger charge is 2.17. The molecule has 0 aliphatic carbocycles. The number of piperazine rings is 1. The van der Waals surface area contributed by atoms with E-state index in [9.17, 15) is 0 Å². The number of methoxy groups -OCH3 is 1. The number of halogens is 1. The van der Waals surface area contributed by atoms with Gasteiger partial charge in [-0.15, -0.1) is 0 Å². The molecule has 0 amide bonds. The molecule has 0 saturated carbocycles. The normalized spacial score (nSPS) is 16.9. The first kappa shape index (κ1) is 13.5. The zero-order valence-corrected chi connectivity index (χ0v) is 11.9. The first-order valence-corrected chi connectivity index (χ1v) is 6.93. The minimum Gasteiger partial charge on any atom is -0.495 e. The molecule has 0 bridgehead atoms. The number of benzene rings is 1. The van der Waals surface area contributed by atoms with Crippen molar-refractivity contribution >= 4 is 17.3 Å². The maximum atomic E-state index is 6.05. The smallest absolute Gasteiger partial charge is 0.139 e. The van der Waals surface area contributed by atoms with Gasteiger partial charge < -0.3 is 9.64 Å². The predicted octanol–water partition coefficient (Wildman–Crippen LogP) is 2.88. The van der Waals surface area contributed by atoms with E-state index in [4.69, 9.17) is 16.3 Å². The van der Waals surface area contributed by atoms with Crippen LogP contribution in [0.25, 0.3) is 0 Å². The number of hydrogen-bond donors (Lipinski definition) is 0. The average molecular weight is 269 g/mol. The summed E-state index contributed by atoms with van der Waals surface area (Å²) in [5, 5.41) is 0.672. The second-order valence-corrected chi connectivity index (χ2v) is 5.05. The van der Waals surface area contributed by atoms with Crippen LogP contribution in [0.1, 0.15) is 13.3 Å². The third-order valence-electron chi connectivity index (χ3n) is 3.41. The second kappa shape index (κ2) is 6.30. The lowest BCUT2D eigenvalue weighted by Crippen LogP contribution is -2.46. The van der Waals surface area contributed by atoms with Gasteiger partial charge in [-0.3, -0.25) is 4.90 Å². The van der Waals surface area contributed by atoms with Gasteiger partial charge in [-0.25, -0.2) is 0 Å². The third kappa shape index (κ3) is 3.09. The van der Waals surface area contributed by atoms with Crippen LogP contribution < -0.4 is 9.64 Å². The molecular formula is C14H21ClN2O. The van der Waals surface area contributed by atoms with Crippen molar-refractivity contribution in [3.63, 3.8) is 0 Å². The summed E-state index contributed by atoms with van der Waals surface area (Å²) in [6.45, 7) is 7.86. The first-order chi connectivity index (χ1) is 8.74. The van der Waals surface area contributed by atoms with Crippen molar-refractivity contribution in [1.82, 2.24) is 4.90 Å². The number of rotatable bonds is 4. The van der Waals surface area contributed by atoms with E-state index in [1.807, 2.05) is 12.1 Å². The van der Waals surface area contributed by atoms with Crippen LogP contribution in [-0.4, -0.2) is 44.7 Å². The van der Waals surface area contributed by atoms with E-state index in [0.29, 0.717) is 5.02 Å².